The monoisotopic (exact) mass is 337 g/mol. The predicted octanol–water partition coefficient (Wildman–Crippen LogP) is 3.14. The average Bonchev–Trinajstić information content (AvgIpc) is 2.73. The van der Waals surface area contributed by atoms with Crippen LogP contribution < -0.4 is 5.32 Å². The highest BCUT2D eigenvalue weighted by atomic mass is 79.9. The lowest BCUT2D eigenvalue weighted by Gasteiger charge is -2.18. The molecule has 0 amide bonds. The van der Waals surface area contributed by atoms with Crippen molar-refractivity contribution in [3.05, 3.63) is 22.8 Å². The fourth-order valence-corrected chi connectivity index (χ4v) is 2.44. The smallest absolute Gasteiger partial charge is 0.370 e. The minimum absolute atomic E-state index is 0.243. The fraction of sp³-hybridized carbons (Fsp3) is 0.583. The molecule has 0 aliphatic carbocycles. The zero-order chi connectivity index (χ0) is 13.9. The number of rotatable bonds is 4. The Morgan fingerprint density at radius 1 is 1.42 bits per heavy atom. The first-order valence-corrected chi connectivity index (χ1v) is 6.86. The molecule has 1 saturated heterocycles. The lowest BCUT2D eigenvalue weighted by molar-refractivity contribution is -0.143. The summed E-state index contributed by atoms with van der Waals surface area (Å²) in [5.74, 6) is 0.991. The molecule has 1 N–H and O–H groups in total. The van der Waals surface area contributed by atoms with Gasteiger partial charge in [-0.3, -0.25) is 4.90 Å². The van der Waals surface area contributed by atoms with Crippen LogP contribution in [0.3, 0.4) is 0 Å². The van der Waals surface area contributed by atoms with E-state index in [-0.39, 0.29) is 5.92 Å². The number of nitrogens with one attached hydrogen (secondary N) is 1. The van der Waals surface area contributed by atoms with E-state index in [1.165, 1.54) is 4.90 Å². The summed E-state index contributed by atoms with van der Waals surface area (Å²) in [5, 5.41) is 3.16. The zero-order valence-corrected chi connectivity index (χ0v) is 11.8. The molecule has 106 valence electrons. The van der Waals surface area contributed by atoms with Gasteiger partial charge in [-0.05, 0) is 46.9 Å². The van der Waals surface area contributed by atoms with Crippen LogP contribution in [0.1, 0.15) is 6.42 Å². The highest BCUT2D eigenvalue weighted by Gasteiger charge is 2.34. The number of pyridine rings is 1. The molecular weight excluding hydrogens is 323 g/mol. The van der Waals surface area contributed by atoms with E-state index in [0.717, 1.165) is 16.7 Å². The number of hydrogen-bond donors (Lipinski definition) is 1. The number of anilines is 1. The second-order valence-corrected chi connectivity index (χ2v) is 5.66. The van der Waals surface area contributed by atoms with Crippen LogP contribution in [-0.2, 0) is 0 Å². The quantitative estimate of drug-likeness (QED) is 0.914. The summed E-state index contributed by atoms with van der Waals surface area (Å²) in [4.78, 5) is 5.63. The molecule has 1 aromatic heterocycles. The number of hydrogen-bond acceptors (Lipinski definition) is 3. The topological polar surface area (TPSA) is 28.2 Å². The molecule has 7 heteroatoms. The zero-order valence-electron chi connectivity index (χ0n) is 10.3. The van der Waals surface area contributed by atoms with E-state index in [9.17, 15) is 13.2 Å². The Bertz CT molecular complexity index is 408. The molecule has 2 rings (SSSR count). The standard InChI is InChI=1S/C12H15BrF3N3/c13-10-1-2-11(18-6-10)17-5-9-3-4-19(7-9)8-12(14,15)16/h1-2,6,9H,3-5,7-8H2,(H,17,18). The average molecular weight is 338 g/mol. The van der Waals surface area contributed by atoms with Gasteiger partial charge in [0.25, 0.3) is 0 Å². The first-order chi connectivity index (χ1) is 8.92. The molecule has 3 nitrogen and oxygen atoms in total. The molecule has 0 bridgehead atoms. The molecule has 0 saturated carbocycles. The predicted molar refractivity (Wildman–Crippen MR) is 71.0 cm³/mol. The highest BCUT2D eigenvalue weighted by molar-refractivity contribution is 9.10. The Kier molecular flexibility index (Phi) is 4.67. The van der Waals surface area contributed by atoms with Crippen molar-refractivity contribution in [3.8, 4) is 0 Å². The first-order valence-electron chi connectivity index (χ1n) is 6.07. The third kappa shape index (κ3) is 4.99. The minimum Gasteiger partial charge on any atom is -0.370 e. The summed E-state index contributed by atoms with van der Waals surface area (Å²) in [7, 11) is 0. The second kappa shape index (κ2) is 6.09. The molecule has 1 aromatic rings. The molecule has 1 fully saturated rings. The van der Waals surface area contributed by atoms with Gasteiger partial charge in [0.1, 0.15) is 5.82 Å². The van der Waals surface area contributed by atoms with Gasteiger partial charge in [0.05, 0.1) is 6.54 Å². The second-order valence-electron chi connectivity index (χ2n) is 4.75. The summed E-state index contributed by atoms with van der Waals surface area (Å²) in [6.45, 7) is 0.853. The van der Waals surface area contributed by atoms with Crippen LogP contribution in [0.15, 0.2) is 22.8 Å². The molecule has 0 spiro atoms. The van der Waals surface area contributed by atoms with Gasteiger partial charge in [-0.2, -0.15) is 13.2 Å². The van der Waals surface area contributed by atoms with Gasteiger partial charge in [-0.1, -0.05) is 0 Å². The third-order valence-corrected chi connectivity index (χ3v) is 3.54. The normalized spacial score (nSPS) is 20.7. The maximum Gasteiger partial charge on any atom is 0.401 e. The third-order valence-electron chi connectivity index (χ3n) is 3.07. The van der Waals surface area contributed by atoms with E-state index in [0.29, 0.717) is 19.6 Å². The molecule has 1 aliphatic rings. The van der Waals surface area contributed by atoms with Gasteiger partial charge in [0.15, 0.2) is 0 Å². The molecule has 19 heavy (non-hydrogen) atoms. The lowest BCUT2D eigenvalue weighted by Crippen LogP contribution is -2.33. The number of halogens is 4. The molecular formula is C12H15BrF3N3. The lowest BCUT2D eigenvalue weighted by atomic mass is 10.1. The van der Waals surface area contributed by atoms with E-state index in [4.69, 9.17) is 0 Å². The van der Waals surface area contributed by atoms with Crippen LogP contribution in [-0.4, -0.2) is 42.2 Å². The summed E-state index contributed by atoms with van der Waals surface area (Å²) in [5.41, 5.74) is 0. The minimum atomic E-state index is -4.10. The highest BCUT2D eigenvalue weighted by Crippen LogP contribution is 2.23. The van der Waals surface area contributed by atoms with Crippen molar-refractivity contribution < 1.29 is 13.2 Å². The van der Waals surface area contributed by atoms with Crippen molar-refractivity contribution in [1.82, 2.24) is 9.88 Å². The first kappa shape index (κ1) is 14.6. The number of likely N-dealkylation sites (tertiary alicyclic amines) is 1. The van der Waals surface area contributed by atoms with E-state index in [1.807, 2.05) is 12.1 Å². The Balaban J connectivity index is 1.75. The summed E-state index contributed by atoms with van der Waals surface area (Å²) in [6, 6.07) is 3.71. The van der Waals surface area contributed by atoms with Gasteiger partial charge in [-0.15, -0.1) is 0 Å². The fourth-order valence-electron chi connectivity index (χ4n) is 2.21. The van der Waals surface area contributed by atoms with Gasteiger partial charge >= 0.3 is 6.18 Å². The molecule has 1 aliphatic heterocycles. The number of nitrogens with zero attached hydrogens (tertiary/aromatic N) is 2. The molecule has 2 heterocycles. The number of alkyl halides is 3. The van der Waals surface area contributed by atoms with Crippen molar-refractivity contribution in [2.75, 3.05) is 31.5 Å². The largest absolute Gasteiger partial charge is 0.401 e. The van der Waals surface area contributed by atoms with E-state index in [1.54, 1.807) is 6.20 Å². The number of aromatic nitrogens is 1. The van der Waals surface area contributed by atoms with Crippen molar-refractivity contribution in [2.24, 2.45) is 5.92 Å². The van der Waals surface area contributed by atoms with Crippen molar-refractivity contribution in [2.45, 2.75) is 12.6 Å². The maximum absolute atomic E-state index is 12.3. The Labute approximate surface area is 118 Å². The molecule has 1 unspecified atom stereocenters. The van der Waals surface area contributed by atoms with Gasteiger partial charge in [0.2, 0.25) is 0 Å². The van der Waals surface area contributed by atoms with Crippen LogP contribution >= 0.6 is 15.9 Å². The molecule has 0 radical (unpaired) electrons. The Hall–Kier alpha value is -0.820. The molecule has 0 aromatic carbocycles. The van der Waals surface area contributed by atoms with Gasteiger partial charge in [0, 0.05) is 23.8 Å². The Morgan fingerprint density at radius 2 is 2.21 bits per heavy atom. The SMILES string of the molecule is FC(F)(F)CN1CCC(CNc2ccc(Br)cn2)C1. The van der Waals surface area contributed by atoms with Crippen LogP contribution in [0, 0.1) is 5.92 Å². The van der Waals surface area contributed by atoms with Crippen molar-refractivity contribution in [3.63, 3.8) is 0 Å². The van der Waals surface area contributed by atoms with E-state index in [2.05, 4.69) is 26.2 Å². The van der Waals surface area contributed by atoms with Crippen LogP contribution in [0.5, 0.6) is 0 Å². The Morgan fingerprint density at radius 3 is 2.84 bits per heavy atom. The van der Waals surface area contributed by atoms with E-state index < -0.39 is 12.7 Å². The van der Waals surface area contributed by atoms with Crippen LogP contribution in [0.25, 0.3) is 0 Å². The summed E-state index contributed by atoms with van der Waals surface area (Å²) in [6.07, 6.45) is -1.62. The van der Waals surface area contributed by atoms with Crippen molar-refractivity contribution in [1.29, 1.82) is 0 Å². The van der Waals surface area contributed by atoms with Gasteiger partial charge in [-0.25, -0.2) is 4.98 Å². The van der Waals surface area contributed by atoms with E-state index >= 15 is 0 Å². The van der Waals surface area contributed by atoms with Gasteiger partial charge < -0.3 is 5.32 Å². The summed E-state index contributed by atoms with van der Waals surface area (Å²) >= 11 is 3.30. The van der Waals surface area contributed by atoms with Crippen molar-refractivity contribution >= 4 is 21.7 Å². The maximum atomic E-state index is 12.3. The van der Waals surface area contributed by atoms with Crippen LogP contribution in [0.4, 0.5) is 19.0 Å². The molecule has 1 atom stereocenters. The summed E-state index contributed by atoms with van der Waals surface area (Å²) < 4.78 is 37.7. The van der Waals surface area contributed by atoms with Crippen LogP contribution in [0.2, 0.25) is 0 Å².